The average molecular weight is 352 g/mol. The predicted molar refractivity (Wildman–Crippen MR) is 96.9 cm³/mol. The zero-order valence-corrected chi connectivity index (χ0v) is 15.0. The van der Waals surface area contributed by atoms with E-state index in [0.717, 1.165) is 12.0 Å². The molecule has 2 aliphatic heterocycles. The normalized spacial score (nSPS) is 17.7. The van der Waals surface area contributed by atoms with Crippen LogP contribution in [0, 0.1) is 0 Å². The monoisotopic (exact) mass is 352 g/mol. The molecule has 6 nitrogen and oxygen atoms in total. The summed E-state index contributed by atoms with van der Waals surface area (Å²) in [7, 11) is 3.06. The van der Waals surface area contributed by atoms with Crippen molar-refractivity contribution in [1.29, 1.82) is 0 Å². The minimum Gasteiger partial charge on any atom is -0.493 e. The van der Waals surface area contributed by atoms with Crippen molar-refractivity contribution in [1.82, 2.24) is 4.90 Å². The van der Waals surface area contributed by atoms with E-state index >= 15 is 0 Å². The molecule has 2 aromatic carbocycles. The number of benzene rings is 2. The third kappa shape index (κ3) is 2.05. The topological polar surface area (TPSA) is 59.1 Å². The highest BCUT2D eigenvalue weighted by atomic mass is 16.5. The van der Waals surface area contributed by atoms with E-state index in [9.17, 15) is 9.59 Å². The first-order valence-electron chi connectivity index (χ1n) is 8.62. The third-order valence-corrected chi connectivity index (χ3v) is 4.95. The maximum atomic E-state index is 13.4. The van der Waals surface area contributed by atoms with Crippen molar-refractivity contribution in [2.45, 2.75) is 19.5 Å². The number of fused-ring (bicyclic) bond motifs is 5. The van der Waals surface area contributed by atoms with Crippen LogP contribution in [0.4, 0.5) is 5.69 Å². The molecule has 134 valence electrons. The molecule has 0 aromatic heterocycles. The van der Waals surface area contributed by atoms with Gasteiger partial charge in [-0.15, -0.1) is 0 Å². The maximum Gasteiger partial charge on any atom is 0.264 e. The number of hydrogen-bond acceptors (Lipinski definition) is 4. The minimum atomic E-state index is -0.459. The van der Waals surface area contributed by atoms with E-state index in [0.29, 0.717) is 34.9 Å². The second kappa shape index (κ2) is 6.05. The van der Waals surface area contributed by atoms with Crippen LogP contribution in [-0.4, -0.2) is 37.5 Å². The van der Waals surface area contributed by atoms with Gasteiger partial charge in [0.1, 0.15) is 6.17 Å². The van der Waals surface area contributed by atoms with E-state index in [1.165, 1.54) is 7.11 Å². The van der Waals surface area contributed by atoms with Crippen LogP contribution in [0.5, 0.6) is 11.5 Å². The lowest BCUT2D eigenvalue weighted by molar-refractivity contribution is 0.0647. The molecule has 0 bridgehead atoms. The van der Waals surface area contributed by atoms with Crippen LogP contribution in [0.25, 0.3) is 0 Å². The van der Waals surface area contributed by atoms with Crippen LogP contribution >= 0.6 is 0 Å². The summed E-state index contributed by atoms with van der Waals surface area (Å²) in [5, 5.41) is 0. The molecule has 0 unspecified atom stereocenters. The van der Waals surface area contributed by atoms with E-state index in [1.54, 1.807) is 29.0 Å². The Bertz CT molecular complexity index is 909. The number of nitrogens with zero attached hydrogens (tertiary/aromatic N) is 2. The number of para-hydroxylation sites is 1. The Morgan fingerprint density at radius 2 is 1.77 bits per heavy atom. The van der Waals surface area contributed by atoms with Crippen LogP contribution in [-0.2, 0) is 0 Å². The first-order chi connectivity index (χ1) is 12.6. The number of amides is 2. The highest BCUT2D eigenvalue weighted by Crippen LogP contribution is 2.49. The van der Waals surface area contributed by atoms with Crippen LogP contribution in [0.2, 0.25) is 0 Å². The van der Waals surface area contributed by atoms with Crippen molar-refractivity contribution in [3.8, 4) is 11.5 Å². The van der Waals surface area contributed by atoms with Crippen LogP contribution < -0.4 is 14.4 Å². The summed E-state index contributed by atoms with van der Waals surface area (Å²) in [6.07, 6.45) is 0.342. The number of ether oxygens (including phenoxy) is 2. The fraction of sp³-hybridized carbons (Fsp3) is 0.300. The molecule has 4 rings (SSSR count). The molecular weight excluding hydrogens is 332 g/mol. The van der Waals surface area contributed by atoms with Gasteiger partial charge in [-0.3, -0.25) is 14.5 Å². The molecule has 0 spiro atoms. The van der Waals surface area contributed by atoms with Crippen molar-refractivity contribution in [2.24, 2.45) is 0 Å². The van der Waals surface area contributed by atoms with Crippen molar-refractivity contribution in [3.63, 3.8) is 0 Å². The van der Waals surface area contributed by atoms with Gasteiger partial charge < -0.3 is 14.4 Å². The molecule has 0 saturated carbocycles. The van der Waals surface area contributed by atoms with Gasteiger partial charge in [-0.1, -0.05) is 25.1 Å². The Labute approximate surface area is 151 Å². The standard InChI is InChI=1S/C20H20N2O4/c1-4-11-21-18-13-9-10-15(25-2)17(26-3)16(13)20(24)22(18)14-8-6-5-7-12(14)19(21)23/h5-10,18H,4,11H2,1-3H3/t18-/m1/s1. The number of carbonyl (C=O) groups is 2. The summed E-state index contributed by atoms with van der Waals surface area (Å²) >= 11 is 0. The maximum absolute atomic E-state index is 13.4. The van der Waals surface area contributed by atoms with Gasteiger partial charge in [-0.25, -0.2) is 0 Å². The number of methoxy groups -OCH3 is 2. The van der Waals surface area contributed by atoms with Crippen molar-refractivity contribution < 1.29 is 19.1 Å². The molecule has 0 N–H and O–H groups in total. The summed E-state index contributed by atoms with van der Waals surface area (Å²) in [4.78, 5) is 29.9. The predicted octanol–water partition coefficient (Wildman–Crippen LogP) is 3.23. The van der Waals surface area contributed by atoms with Crippen LogP contribution in [0.1, 0.15) is 45.8 Å². The molecule has 2 amide bonds. The van der Waals surface area contributed by atoms with Gasteiger partial charge >= 0.3 is 0 Å². The van der Waals surface area contributed by atoms with Gasteiger partial charge in [0.05, 0.1) is 31.0 Å². The zero-order chi connectivity index (χ0) is 18.4. The molecule has 0 fully saturated rings. The highest BCUT2D eigenvalue weighted by molar-refractivity contribution is 6.18. The van der Waals surface area contributed by atoms with Gasteiger partial charge in [-0.05, 0) is 24.6 Å². The molecule has 6 heteroatoms. The third-order valence-electron chi connectivity index (χ3n) is 4.95. The minimum absolute atomic E-state index is 0.0564. The first kappa shape index (κ1) is 16.4. The molecule has 0 aliphatic carbocycles. The van der Waals surface area contributed by atoms with Crippen molar-refractivity contribution >= 4 is 17.5 Å². The second-order valence-electron chi connectivity index (χ2n) is 6.33. The summed E-state index contributed by atoms with van der Waals surface area (Å²) in [5.74, 6) is 0.674. The van der Waals surface area contributed by atoms with E-state index in [1.807, 2.05) is 31.2 Å². The van der Waals surface area contributed by atoms with Gasteiger partial charge in [0.2, 0.25) is 0 Å². The van der Waals surface area contributed by atoms with Gasteiger partial charge in [0, 0.05) is 12.1 Å². The number of anilines is 1. The second-order valence-corrected chi connectivity index (χ2v) is 6.33. The average Bonchev–Trinajstić information content (AvgIpc) is 2.97. The van der Waals surface area contributed by atoms with Gasteiger partial charge in [0.15, 0.2) is 11.5 Å². The van der Waals surface area contributed by atoms with E-state index in [2.05, 4.69) is 0 Å². The SMILES string of the molecule is CCCN1C(=O)c2ccccc2N2C(=O)c3c(ccc(OC)c3OC)[C@H]12. The molecular formula is C20H20N2O4. The molecule has 2 aromatic rings. The Hall–Kier alpha value is -3.02. The van der Waals surface area contributed by atoms with Crippen LogP contribution in [0.3, 0.4) is 0 Å². The Balaban J connectivity index is 1.98. The lowest BCUT2D eigenvalue weighted by Crippen LogP contribution is -2.48. The van der Waals surface area contributed by atoms with Gasteiger partial charge in [-0.2, -0.15) is 0 Å². The van der Waals surface area contributed by atoms with E-state index < -0.39 is 6.17 Å². The molecule has 1 atom stereocenters. The fourth-order valence-electron chi connectivity index (χ4n) is 3.89. The number of carbonyl (C=O) groups excluding carboxylic acids is 2. The number of rotatable bonds is 4. The first-order valence-corrected chi connectivity index (χ1v) is 8.62. The smallest absolute Gasteiger partial charge is 0.264 e. The summed E-state index contributed by atoms with van der Waals surface area (Å²) in [6, 6.07) is 10.9. The summed E-state index contributed by atoms with van der Waals surface area (Å²) in [5.41, 5.74) is 2.41. The fourth-order valence-corrected chi connectivity index (χ4v) is 3.89. The van der Waals surface area contributed by atoms with Crippen molar-refractivity contribution in [2.75, 3.05) is 25.7 Å². The highest BCUT2D eigenvalue weighted by Gasteiger charge is 2.49. The Morgan fingerprint density at radius 3 is 2.46 bits per heavy atom. The quantitative estimate of drug-likeness (QED) is 0.848. The Morgan fingerprint density at radius 1 is 1.00 bits per heavy atom. The Kier molecular flexibility index (Phi) is 3.83. The summed E-state index contributed by atoms with van der Waals surface area (Å²) < 4.78 is 10.8. The molecule has 0 radical (unpaired) electrons. The molecule has 2 aliphatic rings. The molecule has 0 saturated heterocycles. The lowest BCUT2D eigenvalue weighted by atomic mass is 10.0. The van der Waals surface area contributed by atoms with Crippen molar-refractivity contribution in [3.05, 3.63) is 53.1 Å². The lowest BCUT2D eigenvalue weighted by Gasteiger charge is -2.40. The molecule has 26 heavy (non-hydrogen) atoms. The van der Waals surface area contributed by atoms with Crippen LogP contribution in [0.15, 0.2) is 36.4 Å². The summed E-state index contributed by atoms with van der Waals surface area (Å²) in [6.45, 7) is 2.58. The molecule has 2 heterocycles. The number of hydrogen-bond donors (Lipinski definition) is 0. The van der Waals surface area contributed by atoms with E-state index in [-0.39, 0.29) is 11.8 Å². The van der Waals surface area contributed by atoms with Gasteiger partial charge in [0.25, 0.3) is 11.8 Å². The zero-order valence-electron chi connectivity index (χ0n) is 15.0. The van der Waals surface area contributed by atoms with E-state index in [4.69, 9.17) is 9.47 Å². The largest absolute Gasteiger partial charge is 0.493 e.